The fourth-order valence-corrected chi connectivity index (χ4v) is 5.20. The SMILES string of the molecule is COc1ccc(C2CCN(CC(O)C3(O)CCN(C=CC(=O)c4cccc(C)c4)CC3)CC2)cc1. The van der Waals surface area contributed by atoms with Crippen LogP contribution in [0.5, 0.6) is 5.75 Å². The summed E-state index contributed by atoms with van der Waals surface area (Å²) in [6, 6.07) is 15.9. The molecule has 2 aliphatic heterocycles. The summed E-state index contributed by atoms with van der Waals surface area (Å²) in [5.74, 6) is 1.38. The molecule has 0 spiro atoms. The van der Waals surface area contributed by atoms with Crippen LogP contribution in [0.15, 0.2) is 60.8 Å². The summed E-state index contributed by atoms with van der Waals surface area (Å²) in [5, 5.41) is 22.1. The number of β-amino-alcohol motifs (C(OH)–C–C–N with tert-alkyl or cyclic N) is 1. The van der Waals surface area contributed by atoms with Gasteiger partial charge in [0.15, 0.2) is 5.78 Å². The van der Waals surface area contributed by atoms with Gasteiger partial charge in [0, 0.05) is 37.5 Å². The molecular formula is C29H38N2O4. The Morgan fingerprint density at radius 1 is 1.11 bits per heavy atom. The monoisotopic (exact) mass is 478 g/mol. The topological polar surface area (TPSA) is 73.2 Å². The van der Waals surface area contributed by atoms with Crippen LogP contribution in [0, 0.1) is 6.92 Å². The minimum Gasteiger partial charge on any atom is -0.497 e. The third kappa shape index (κ3) is 6.51. The fourth-order valence-electron chi connectivity index (χ4n) is 5.20. The number of aliphatic hydroxyl groups excluding tert-OH is 1. The number of aliphatic hydroxyl groups is 2. The number of methoxy groups -OCH3 is 1. The lowest BCUT2D eigenvalue weighted by Gasteiger charge is -2.43. The Labute approximate surface area is 208 Å². The molecule has 0 radical (unpaired) electrons. The molecule has 4 rings (SSSR count). The average Bonchev–Trinajstić information content (AvgIpc) is 2.88. The maximum atomic E-state index is 12.4. The molecule has 0 aliphatic carbocycles. The molecular weight excluding hydrogens is 440 g/mol. The fraction of sp³-hybridized carbons (Fsp3) is 0.483. The van der Waals surface area contributed by atoms with Crippen LogP contribution in [-0.4, -0.2) is 77.3 Å². The number of allylic oxidation sites excluding steroid dienone is 1. The molecule has 2 heterocycles. The number of piperidine rings is 2. The summed E-state index contributed by atoms with van der Waals surface area (Å²) in [5.41, 5.74) is 2.00. The number of nitrogens with zero attached hydrogens (tertiary/aromatic N) is 2. The number of ether oxygens (including phenoxy) is 1. The number of likely N-dealkylation sites (tertiary alicyclic amines) is 2. The molecule has 35 heavy (non-hydrogen) atoms. The van der Waals surface area contributed by atoms with Gasteiger partial charge in [-0.05, 0) is 75.4 Å². The van der Waals surface area contributed by atoms with Crippen molar-refractivity contribution in [3.05, 3.63) is 77.5 Å². The van der Waals surface area contributed by atoms with Crippen LogP contribution in [-0.2, 0) is 0 Å². The Balaban J connectivity index is 1.22. The molecule has 0 bridgehead atoms. The summed E-state index contributed by atoms with van der Waals surface area (Å²) < 4.78 is 5.26. The molecule has 2 aromatic carbocycles. The largest absolute Gasteiger partial charge is 0.497 e. The average molecular weight is 479 g/mol. The number of ketones is 1. The molecule has 2 fully saturated rings. The van der Waals surface area contributed by atoms with Crippen LogP contribution in [0.25, 0.3) is 0 Å². The minimum atomic E-state index is -1.09. The quantitative estimate of drug-likeness (QED) is 0.445. The van der Waals surface area contributed by atoms with E-state index in [9.17, 15) is 15.0 Å². The van der Waals surface area contributed by atoms with Crippen molar-refractivity contribution in [2.75, 3.05) is 39.8 Å². The summed E-state index contributed by atoms with van der Waals surface area (Å²) in [6.45, 7) is 5.53. The van der Waals surface area contributed by atoms with E-state index in [1.54, 1.807) is 13.2 Å². The molecule has 188 valence electrons. The maximum absolute atomic E-state index is 12.4. The van der Waals surface area contributed by atoms with Crippen molar-refractivity contribution in [3.63, 3.8) is 0 Å². The molecule has 6 nitrogen and oxygen atoms in total. The summed E-state index contributed by atoms with van der Waals surface area (Å²) in [7, 11) is 1.68. The van der Waals surface area contributed by atoms with Crippen molar-refractivity contribution in [3.8, 4) is 5.75 Å². The Hall–Kier alpha value is -2.67. The van der Waals surface area contributed by atoms with Gasteiger partial charge in [0.2, 0.25) is 0 Å². The van der Waals surface area contributed by atoms with Crippen LogP contribution in [0.3, 0.4) is 0 Å². The second-order valence-corrected chi connectivity index (χ2v) is 10.1. The van der Waals surface area contributed by atoms with Crippen LogP contribution in [0.1, 0.15) is 53.1 Å². The van der Waals surface area contributed by atoms with E-state index in [4.69, 9.17) is 4.74 Å². The molecule has 2 aliphatic rings. The van der Waals surface area contributed by atoms with Gasteiger partial charge in [-0.1, -0.05) is 35.9 Å². The predicted molar refractivity (Wildman–Crippen MR) is 138 cm³/mol. The van der Waals surface area contributed by atoms with Crippen LogP contribution in [0.2, 0.25) is 0 Å². The van der Waals surface area contributed by atoms with E-state index < -0.39 is 11.7 Å². The highest BCUT2D eigenvalue weighted by Gasteiger charge is 2.39. The van der Waals surface area contributed by atoms with Gasteiger partial charge in [0.05, 0.1) is 18.8 Å². The second kappa shape index (κ2) is 11.4. The number of aryl methyl sites for hydroxylation is 1. The highest BCUT2D eigenvalue weighted by atomic mass is 16.5. The van der Waals surface area contributed by atoms with E-state index in [1.807, 2.05) is 49.5 Å². The molecule has 0 amide bonds. The number of hydrogen-bond acceptors (Lipinski definition) is 6. The zero-order valence-corrected chi connectivity index (χ0v) is 20.9. The first-order valence-corrected chi connectivity index (χ1v) is 12.7. The molecule has 0 aromatic heterocycles. The molecule has 0 saturated carbocycles. The first-order chi connectivity index (χ1) is 16.9. The lowest BCUT2D eigenvalue weighted by Crippen LogP contribution is -2.54. The first kappa shape index (κ1) is 25.4. The Bertz CT molecular complexity index is 1000. The molecule has 2 aromatic rings. The van der Waals surface area contributed by atoms with E-state index in [1.165, 1.54) is 5.56 Å². The lowest BCUT2D eigenvalue weighted by molar-refractivity contribution is -0.114. The Morgan fingerprint density at radius 3 is 2.43 bits per heavy atom. The van der Waals surface area contributed by atoms with E-state index >= 15 is 0 Å². The maximum Gasteiger partial charge on any atom is 0.187 e. The standard InChI is InChI=1S/C29H38N2O4/c1-22-4-3-5-25(20-22)27(32)12-17-30-18-13-29(34,14-19-30)28(33)21-31-15-10-24(11-16-31)23-6-8-26(35-2)9-7-23/h3-9,12,17,20,24,28,33-34H,10-11,13-16,18-19,21H2,1-2H3. The van der Waals surface area contributed by atoms with E-state index in [2.05, 4.69) is 21.9 Å². The van der Waals surface area contributed by atoms with Gasteiger partial charge in [-0.2, -0.15) is 0 Å². The zero-order valence-electron chi connectivity index (χ0n) is 20.9. The van der Waals surface area contributed by atoms with E-state index in [0.29, 0.717) is 44.0 Å². The van der Waals surface area contributed by atoms with Crippen molar-refractivity contribution in [2.45, 2.75) is 50.2 Å². The summed E-state index contributed by atoms with van der Waals surface area (Å²) in [6.07, 6.45) is 5.71. The molecule has 2 saturated heterocycles. The van der Waals surface area contributed by atoms with Crippen molar-refractivity contribution in [1.29, 1.82) is 0 Å². The number of rotatable bonds is 8. The first-order valence-electron chi connectivity index (χ1n) is 12.7. The number of benzene rings is 2. The number of carbonyl (C=O) groups excluding carboxylic acids is 1. The predicted octanol–water partition coefficient (Wildman–Crippen LogP) is 3.77. The smallest absolute Gasteiger partial charge is 0.187 e. The van der Waals surface area contributed by atoms with Gasteiger partial charge in [0.1, 0.15) is 5.75 Å². The molecule has 1 unspecified atom stereocenters. The summed E-state index contributed by atoms with van der Waals surface area (Å²) >= 11 is 0. The second-order valence-electron chi connectivity index (χ2n) is 10.1. The van der Waals surface area contributed by atoms with Gasteiger partial charge in [-0.25, -0.2) is 0 Å². The highest BCUT2D eigenvalue weighted by Crippen LogP contribution is 2.31. The van der Waals surface area contributed by atoms with Gasteiger partial charge in [-0.15, -0.1) is 0 Å². The highest BCUT2D eigenvalue weighted by molar-refractivity contribution is 6.04. The third-order valence-corrected chi connectivity index (χ3v) is 7.63. The zero-order chi connectivity index (χ0) is 24.8. The van der Waals surface area contributed by atoms with Crippen molar-refractivity contribution in [1.82, 2.24) is 9.80 Å². The Morgan fingerprint density at radius 2 is 1.80 bits per heavy atom. The lowest BCUT2D eigenvalue weighted by atomic mass is 9.84. The van der Waals surface area contributed by atoms with Crippen molar-refractivity contribution >= 4 is 5.78 Å². The molecule has 1 atom stereocenters. The number of carbonyl (C=O) groups is 1. The van der Waals surface area contributed by atoms with Crippen molar-refractivity contribution in [2.24, 2.45) is 0 Å². The van der Waals surface area contributed by atoms with Gasteiger partial charge in [-0.3, -0.25) is 4.79 Å². The summed E-state index contributed by atoms with van der Waals surface area (Å²) in [4.78, 5) is 16.7. The van der Waals surface area contributed by atoms with E-state index in [0.717, 1.165) is 37.2 Å². The van der Waals surface area contributed by atoms with E-state index in [-0.39, 0.29) is 5.78 Å². The van der Waals surface area contributed by atoms with Crippen LogP contribution < -0.4 is 4.74 Å². The third-order valence-electron chi connectivity index (χ3n) is 7.63. The van der Waals surface area contributed by atoms with Crippen LogP contribution >= 0.6 is 0 Å². The Kier molecular flexibility index (Phi) is 8.26. The minimum absolute atomic E-state index is 0.0207. The molecule has 6 heteroatoms. The van der Waals surface area contributed by atoms with Gasteiger partial charge in [0.25, 0.3) is 0 Å². The van der Waals surface area contributed by atoms with Gasteiger partial charge >= 0.3 is 0 Å². The molecule has 2 N–H and O–H groups in total. The van der Waals surface area contributed by atoms with Crippen molar-refractivity contribution < 1.29 is 19.7 Å². The number of hydrogen-bond donors (Lipinski definition) is 2. The normalized spacial score (nSPS) is 20.2. The van der Waals surface area contributed by atoms with Gasteiger partial charge < -0.3 is 24.7 Å². The van der Waals surface area contributed by atoms with Crippen LogP contribution in [0.4, 0.5) is 0 Å².